The number of carbonyl (C=O) groups excluding carboxylic acids is 2. The Hall–Kier alpha value is -3.14. The van der Waals surface area contributed by atoms with Crippen LogP contribution in [0.5, 0.6) is 0 Å². The topological polar surface area (TPSA) is 49.4 Å². The average Bonchev–Trinajstić information content (AvgIpc) is 2.64. The molecule has 4 heteroatoms. The molecule has 0 aliphatic rings. The van der Waals surface area contributed by atoms with Gasteiger partial charge in [0.2, 0.25) is 11.8 Å². The van der Waals surface area contributed by atoms with Crippen LogP contribution in [0.3, 0.4) is 0 Å². The van der Waals surface area contributed by atoms with Gasteiger partial charge in [0.05, 0.1) is 13.0 Å². The van der Waals surface area contributed by atoms with Crippen molar-refractivity contribution >= 4 is 28.3 Å². The highest BCUT2D eigenvalue weighted by Gasteiger charge is 2.15. The summed E-state index contributed by atoms with van der Waals surface area (Å²) >= 11 is 0. The molecule has 0 bridgehead atoms. The maximum Gasteiger partial charge on any atom is 0.243 e. The highest BCUT2D eigenvalue weighted by Crippen LogP contribution is 2.19. The lowest BCUT2D eigenvalue weighted by Gasteiger charge is -2.18. The molecule has 2 amide bonds. The summed E-state index contributed by atoms with van der Waals surface area (Å²) in [7, 11) is 1.66. The molecular formula is C23H24N2O2. The van der Waals surface area contributed by atoms with Crippen molar-refractivity contribution in [1.29, 1.82) is 0 Å². The molecule has 3 aromatic rings. The first-order valence-corrected chi connectivity index (χ1v) is 9.02. The second kappa shape index (κ2) is 8.04. The number of carbonyl (C=O) groups is 2. The van der Waals surface area contributed by atoms with Gasteiger partial charge in [0.15, 0.2) is 0 Å². The maximum absolute atomic E-state index is 12.5. The summed E-state index contributed by atoms with van der Waals surface area (Å²) in [4.78, 5) is 26.3. The number of nitrogens with zero attached hydrogens (tertiary/aromatic N) is 1. The number of aryl methyl sites for hydroxylation is 2. The van der Waals surface area contributed by atoms with Crippen molar-refractivity contribution in [3.8, 4) is 0 Å². The Kier molecular flexibility index (Phi) is 5.55. The van der Waals surface area contributed by atoms with Crippen molar-refractivity contribution in [1.82, 2.24) is 4.90 Å². The van der Waals surface area contributed by atoms with Gasteiger partial charge in [0.25, 0.3) is 0 Å². The lowest BCUT2D eigenvalue weighted by molar-refractivity contribution is -0.132. The number of amides is 2. The first-order valence-electron chi connectivity index (χ1n) is 9.02. The van der Waals surface area contributed by atoms with Gasteiger partial charge in [0, 0.05) is 12.7 Å². The molecule has 0 aliphatic carbocycles. The number of rotatable bonds is 5. The van der Waals surface area contributed by atoms with Gasteiger partial charge in [-0.3, -0.25) is 9.59 Å². The third kappa shape index (κ3) is 4.53. The third-order valence-electron chi connectivity index (χ3n) is 4.72. The van der Waals surface area contributed by atoms with E-state index in [4.69, 9.17) is 0 Å². The molecule has 3 rings (SSSR count). The molecule has 0 spiro atoms. The van der Waals surface area contributed by atoms with Crippen LogP contribution >= 0.6 is 0 Å². The van der Waals surface area contributed by atoms with Gasteiger partial charge in [-0.1, -0.05) is 60.7 Å². The van der Waals surface area contributed by atoms with Crippen LogP contribution in [0.4, 0.5) is 5.69 Å². The van der Waals surface area contributed by atoms with E-state index in [1.54, 1.807) is 7.05 Å². The zero-order valence-corrected chi connectivity index (χ0v) is 16.0. The van der Waals surface area contributed by atoms with E-state index >= 15 is 0 Å². The molecule has 0 aromatic heterocycles. The molecule has 0 unspecified atom stereocenters. The van der Waals surface area contributed by atoms with E-state index < -0.39 is 0 Å². The minimum Gasteiger partial charge on any atom is -0.336 e. The number of para-hydroxylation sites is 1. The summed E-state index contributed by atoms with van der Waals surface area (Å²) in [6, 6.07) is 19.9. The third-order valence-corrected chi connectivity index (χ3v) is 4.72. The summed E-state index contributed by atoms with van der Waals surface area (Å²) in [5, 5.41) is 5.18. The summed E-state index contributed by atoms with van der Waals surface area (Å²) in [6.07, 6.45) is 0.276. The predicted octanol–water partition coefficient (Wildman–Crippen LogP) is 4.10. The van der Waals surface area contributed by atoms with Gasteiger partial charge in [-0.2, -0.15) is 0 Å². The molecule has 0 heterocycles. The minimum atomic E-state index is -0.193. The Morgan fingerprint density at radius 1 is 0.889 bits per heavy atom. The van der Waals surface area contributed by atoms with Crippen molar-refractivity contribution in [2.45, 2.75) is 20.3 Å². The second-order valence-electron chi connectivity index (χ2n) is 6.92. The fourth-order valence-electron chi connectivity index (χ4n) is 3.15. The van der Waals surface area contributed by atoms with E-state index in [0.717, 1.165) is 33.2 Å². The van der Waals surface area contributed by atoms with E-state index in [0.29, 0.717) is 0 Å². The van der Waals surface area contributed by atoms with Crippen LogP contribution in [0.2, 0.25) is 0 Å². The first-order chi connectivity index (χ1) is 12.9. The molecule has 1 N–H and O–H groups in total. The summed E-state index contributed by atoms with van der Waals surface area (Å²) in [6.45, 7) is 3.94. The number of benzene rings is 3. The average molecular weight is 360 g/mol. The van der Waals surface area contributed by atoms with Crippen LogP contribution in [0.1, 0.15) is 16.7 Å². The monoisotopic (exact) mass is 360 g/mol. The standard InChI is InChI=1S/C23H24N2O2/c1-16-7-6-8-17(2)23(16)24-21(26)15-25(3)22(27)14-18-11-12-19-9-4-5-10-20(19)13-18/h4-13H,14-15H2,1-3H3,(H,24,26). The number of anilines is 1. The Morgan fingerprint density at radius 2 is 1.56 bits per heavy atom. The highest BCUT2D eigenvalue weighted by molar-refractivity contribution is 5.96. The maximum atomic E-state index is 12.5. The fourth-order valence-corrected chi connectivity index (χ4v) is 3.15. The highest BCUT2D eigenvalue weighted by atomic mass is 16.2. The number of likely N-dealkylation sites (N-methyl/N-ethyl adjacent to an activating group) is 1. The van der Waals surface area contributed by atoms with Crippen molar-refractivity contribution in [2.75, 3.05) is 18.9 Å². The molecule has 0 radical (unpaired) electrons. The van der Waals surface area contributed by atoms with Gasteiger partial charge in [-0.25, -0.2) is 0 Å². The largest absolute Gasteiger partial charge is 0.336 e. The van der Waals surface area contributed by atoms with E-state index in [-0.39, 0.29) is 24.8 Å². The zero-order valence-electron chi connectivity index (χ0n) is 16.0. The predicted molar refractivity (Wildman–Crippen MR) is 110 cm³/mol. The molecule has 3 aromatic carbocycles. The Bertz CT molecular complexity index is 974. The van der Waals surface area contributed by atoms with Crippen LogP contribution in [-0.4, -0.2) is 30.3 Å². The summed E-state index contributed by atoms with van der Waals surface area (Å²) in [5.74, 6) is -0.274. The van der Waals surface area contributed by atoms with Crippen molar-refractivity contribution in [3.63, 3.8) is 0 Å². The van der Waals surface area contributed by atoms with Crippen molar-refractivity contribution in [3.05, 3.63) is 77.4 Å². The lowest BCUT2D eigenvalue weighted by Crippen LogP contribution is -2.36. The molecule has 0 saturated heterocycles. The van der Waals surface area contributed by atoms with E-state index in [9.17, 15) is 9.59 Å². The normalized spacial score (nSPS) is 10.6. The summed E-state index contributed by atoms with van der Waals surface area (Å²) < 4.78 is 0. The van der Waals surface area contributed by atoms with Gasteiger partial charge >= 0.3 is 0 Å². The first kappa shape index (κ1) is 18.6. The second-order valence-corrected chi connectivity index (χ2v) is 6.92. The van der Waals surface area contributed by atoms with Crippen LogP contribution in [0, 0.1) is 13.8 Å². The van der Waals surface area contributed by atoms with Gasteiger partial charge in [-0.15, -0.1) is 0 Å². The molecule has 27 heavy (non-hydrogen) atoms. The van der Waals surface area contributed by atoms with Crippen LogP contribution in [0.25, 0.3) is 10.8 Å². The van der Waals surface area contributed by atoms with Crippen LogP contribution < -0.4 is 5.32 Å². The number of fused-ring (bicyclic) bond motifs is 1. The van der Waals surface area contributed by atoms with Gasteiger partial charge in [0.1, 0.15) is 0 Å². The van der Waals surface area contributed by atoms with E-state index in [1.165, 1.54) is 4.90 Å². The summed E-state index contributed by atoms with van der Waals surface area (Å²) in [5.41, 5.74) is 3.78. The van der Waals surface area contributed by atoms with Gasteiger partial charge < -0.3 is 10.2 Å². The molecule has 0 aliphatic heterocycles. The number of hydrogen-bond donors (Lipinski definition) is 1. The molecule has 138 valence electrons. The fraction of sp³-hybridized carbons (Fsp3) is 0.217. The zero-order chi connectivity index (χ0) is 19.4. The molecule has 0 fully saturated rings. The molecule has 0 saturated carbocycles. The minimum absolute atomic E-state index is 0.0280. The Labute approximate surface area is 159 Å². The molecule has 4 nitrogen and oxygen atoms in total. The number of hydrogen-bond acceptors (Lipinski definition) is 2. The quantitative estimate of drug-likeness (QED) is 0.745. The van der Waals surface area contributed by atoms with E-state index in [2.05, 4.69) is 5.32 Å². The molecular weight excluding hydrogens is 336 g/mol. The number of nitrogens with one attached hydrogen (secondary N) is 1. The van der Waals surface area contributed by atoms with Crippen LogP contribution in [-0.2, 0) is 16.0 Å². The Morgan fingerprint density at radius 3 is 2.26 bits per heavy atom. The van der Waals surface area contributed by atoms with Crippen molar-refractivity contribution in [2.24, 2.45) is 0 Å². The van der Waals surface area contributed by atoms with Crippen LogP contribution in [0.15, 0.2) is 60.7 Å². The van der Waals surface area contributed by atoms with Crippen molar-refractivity contribution < 1.29 is 9.59 Å². The SMILES string of the molecule is Cc1cccc(C)c1NC(=O)CN(C)C(=O)Cc1ccc2ccccc2c1. The molecule has 0 atom stereocenters. The Balaban J connectivity index is 1.62. The van der Waals surface area contributed by atoms with E-state index in [1.807, 2.05) is 74.5 Å². The van der Waals surface area contributed by atoms with Gasteiger partial charge in [-0.05, 0) is 41.3 Å². The lowest BCUT2D eigenvalue weighted by atomic mass is 10.0. The smallest absolute Gasteiger partial charge is 0.243 e.